The summed E-state index contributed by atoms with van der Waals surface area (Å²) in [6, 6.07) is 10.1. The average Bonchev–Trinajstić information content (AvgIpc) is 3.45. The van der Waals surface area contributed by atoms with E-state index in [9.17, 15) is 52.7 Å². The first-order valence-electron chi connectivity index (χ1n) is 16.5. The molecule has 0 radical (unpaired) electrons. The number of benzene rings is 4. The van der Waals surface area contributed by atoms with Crippen molar-refractivity contribution in [2.45, 2.75) is 37.0 Å². The standard InChI is InChI=1S/C38H17F13N6/c39-21-14-30-52-32(27-9-16-1-2-17(35(40,41)42)10-23(16)24-11-18(36(43,44)45)3-6-22(24)27)54-34-55-33(53-31(15-21)57(30)34)56-28-7-4-19(37(46,47)48)12-25(28)26-13-20(38(49,50)51)5-8-29(26)56/h1-8,10-15,27H,9H2. The normalized spacial score (nSPS) is 18.3. The van der Waals surface area contributed by atoms with Gasteiger partial charge in [-0.2, -0.15) is 67.7 Å². The second-order valence-electron chi connectivity index (χ2n) is 13.4. The van der Waals surface area contributed by atoms with Crippen LogP contribution in [0.4, 0.5) is 57.1 Å². The summed E-state index contributed by atoms with van der Waals surface area (Å²) in [7, 11) is 0. The average molecular weight is 805 g/mol. The number of allylic oxidation sites excluding steroid dienone is 2. The monoisotopic (exact) mass is 804 g/mol. The number of alkyl halides is 12. The van der Waals surface area contributed by atoms with Gasteiger partial charge in [0.2, 0.25) is 11.9 Å². The Bertz CT molecular complexity index is 2720. The van der Waals surface area contributed by atoms with Crippen LogP contribution in [-0.4, -0.2) is 33.1 Å². The molecule has 0 saturated carbocycles. The summed E-state index contributed by atoms with van der Waals surface area (Å²) >= 11 is 0. The molecule has 1 unspecified atom stereocenters. The molecule has 0 N–H and O–H groups in total. The van der Waals surface area contributed by atoms with Crippen molar-refractivity contribution in [1.82, 2.24) is 9.47 Å². The third kappa shape index (κ3) is 5.97. The Morgan fingerprint density at radius 3 is 1.63 bits per heavy atom. The van der Waals surface area contributed by atoms with E-state index in [1.165, 1.54) is 9.47 Å². The Labute approximate surface area is 310 Å². The van der Waals surface area contributed by atoms with Gasteiger partial charge in [-0.05, 0) is 89.3 Å². The molecular formula is C38H17F13N6. The maximum Gasteiger partial charge on any atom is 0.416 e. The van der Waals surface area contributed by atoms with Crippen LogP contribution >= 0.6 is 0 Å². The van der Waals surface area contributed by atoms with Crippen molar-refractivity contribution in [3.05, 3.63) is 130 Å². The molecule has 3 aliphatic heterocycles. The molecule has 1 aromatic heterocycles. The summed E-state index contributed by atoms with van der Waals surface area (Å²) in [6.45, 7) is 0. The maximum absolute atomic E-state index is 15.2. The smallest absolute Gasteiger partial charge is 0.278 e. The Balaban J connectivity index is 1.23. The fourth-order valence-corrected chi connectivity index (χ4v) is 7.35. The molecule has 4 aromatic carbocycles. The van der Waals surface area contributed by atoms with Crippen LogP contribution in [0.1, 0.15) is 39.3 Å². The van der Waals surface area contributed by atoms with Gasteiger partial charge in [-0.3, -0.25) is 4.57 Å². The van der Waals surface area contributed by atoms with Gasteiger partial charge in [-0.25, -0.2) is 14.3 Å². The number of amidine groups is 2. The molecule has 57 heavy (non-hydrogen) atoms. The van der Waals surface area contributed by atoms with Crippen molar-refractivity contribution >= 4 is 45.4 Å². The third-order valence-corrected chi connectivity index (χ3v) is 9.89. The quantitative estimate of drug-likeness (QED) is 0.156. The molecule has 6 nitrogen and oxygen atoms in total. The van der Waals surface area contributed by atoms with Crippen LogP contribution in [0.3, 0.4) is 0 Å². The first kappa shape index (κ1) is 36.4. The molecule has 0 spiro atoms. The third-order valence-electron chi connectivity index (χ3n) is 9.89. The van der Waals surface area contributed by atoms with Crippen molar-refractivity contribution in [1.29, 1.82) is 0 Å². The maximum atomic E-state index is 15.2. The van der Waals surface area contributed by atoms with E-state index >= 15 is 4.39 Å². The van der Waals surface area contributed by atoms with Crippen molar-refractivity contribution in [2.24, 2.45) is 20.0 Å². The lowest BCUT2D eigenvalue weighted by Gasteiger charge is -2.34. The minimum Gasteiger partial charge on any atom is -0.278 e. The number of aromatic nitrogens is 1. The number of nitrogens with zero attached hydrogens (tertiary/aromatic N) is 6. The lowest BCUT2D eigenvalue weighted by Crippen LogP contribution is -2.43. The lowest BCUT2D eigenvalue weighted by molar-refractivity contribution is -0.138. The zero-order valence-electron chi connectivity index (χ0n) is 28.0. The minimum atomic E-state index is -4.86. The Morgan fingerprint density at radius 2 is 1.05 bits per heavy atom. The van der Waals surface area contributed by atoms with E-state index in [0.29, 0.717) is 12.1 Å². The van der Waals surface area contributed by atoms with Gasteiger partial charge >= 0.3 is 24.7 Å². The minimum absolute atomic E-state index is 0.0493. The van der Waals surface area contributed by atoms with Gasteiger partial charge < -0.3 is 0 Å². The number of fused-ring (bicyclic) bond motifs is 6. The molecular weight excluding hydrogens is 787 g/mol. The molecule has 0 bridgehead atoms. The Morgan fingerprint density at radius 1 is 0.526 bits per heavy atom. The summed E-state index contributed by atoms with van der Waals surface area (Å²) in [6.07, 6.45) is -17.6. The molecule has 9 rings (SSSR count). The zero-order valence-corrected chi connectivity index (χ0v) is 28.0. The van der Waals surface area contributed by atoms with Gasteiger partial charge in [0.15, 0.2) is 0 Å². The Kier molecular flexibility index (Phi) is 7.58. The molecule has 0 amide bonds. The van der Waals surface area contributed by atoms with E-state index in [1.54, 1.807) is 0 Å². The lowest BCUT2D eigenvalue weighted by atomic mass is 9.77. The van der Waals surface area contributed by atoms with Crippen LogP contribution in [0.25, 0.3) is 32.9 Å². The van der Waals surface area contributed by atoms with Gasteiger partial charge in [-0.15, -0.1) is 0 Å². The first-order chi connectivity index (χ1) is 26.6. The van der Waals surface area contributed by atoms with Crippen LogP contribution in [-0.2, 0) is 31.1 Å². The molecule has 0 saturated heterocycles. The first-order valence-corrected chi connectivity index (χ1v) is 16.5. The fraction of sp³-hybridized carbons (Fsp3) is 0.158. The molecule has 1 aliphatic carbocycles. The zero-order chi connectivity index (χ0) is 40.6. The van der Waals surface area contributed by atoms with Crippen LogP contribution < -0.4 is 0 Å². The summed E-state index contributed by atoms with van der Waals surface area (Å²) in [5.74, 6) is -2.98. The second kappa shape index (κ2) is 11.9. The number of halogens is 13. The van der Waals surface area contributed by atoms with Crippen molar-refractivity contribution in [2.75, 3.05) is 0 Å². The Hall–Kier alpha value is -6.27. The number of aliphatic imine (C=N–C) groups is 4. The van der Waals surface area contributed by atoms with Crippen LogP contribution in [0.5, 0.6) is 0 Å². The van der Waals surface area contributed by atoms with Crippen LogP contribution in [0.15, 0.2) is 117 Å². The van der Waals surface area contributed by atoms with E-state index < -0.39 is 58.7 Å². The summed E-state index contributed by atoms with van der Waals surface area (Å²) in [4.78, 5) is 19.1. The number of hydrogen-bond donors (Lipinski definition) is 0. The van der Waals surface area contributed by atoms with Crippen molar-refractivity contribution in [3.63, 3.8) is 0 Å². The molecule has 1 atom stereocenters. The number of rotatable bonds is 1. The van der Waals surface area contributed by atoms with Gasteiger partial charge in [0.1, 0.15) is 23.3 Å². The van der Waals surface area contributed by atoms with Gasteiger partial charge in [-0.1, -0.05) is 12.1 Å². The van der Waals surface area contributed by atoms with E-state index in [-0.39, 0.29) is 79.9 Å². The van der Waals surface area contributed by atoms with Crippen LogP contribution in [0.2, 0.25) is 0 Å². The highest BCUT2D eigenvalue weighted by Crippen LogP contribution is 2.46. The molecule has 5 aromatic rings. The molecule has 0 fully saturated rings. The van der Waals surface area contributed by atoms with Crippen LogP contribution in [0, 0.1) is 0 Å². The van der Waals surface area contributed by atoms with E-state index in [4.69, 9.17) is 0 Å². The number of hydrogen-bond acceptors (Lipinski definition) is 5. The largest absolute Gasteiger partial charge is 0.416 e. The second-order valence-corrected chi connectivity index (χ2v) is 13.4. The summed E-state index contributed by atoms with van der Waals surface area (Å²) < 4.78 is 182. The van der Waals surface area contributed by atoms with Gasteiger partial charge in [0.05, 0.1) is 33.3 Å². The van der Waals surface area contributed by atoms with Crippen molar-refractivity contribution in [3.8, 4) is 11.1 Å². The topological polar surface area (TPSA) is 57.6 Å². The molecule has 4 aliphatic rings. The van der Waals surface area contributed by atoms with Gasteiger partial charge in [0.25, 0.3) is 0 Å². The van der Waals surface area contributed by atoms with E-state index in [0.717, 1.165) is 72.8 Å². The summed E-state index contributed by atoms with van der Waals surface area (Å²) in [5.41, 5.74) is -4.54. The van der Waals surface area contributed by atoms with Gasteiger partial charge in [0, 0.05) is 28.8 Å². The number of guanidine groups is 1. The predicted octanol–water partition coefficient (Wildman–Crippen LogP) is 11.3. The van der Waals surface area contributed by atoms with Crippen molar-refractivity contribution < 1.29 is 57.1 Å². The molecule has 290 valence electrons. The highest BCUT2D eigenvalue weighted by atomic mass is 19.4. The highest BCUT2D eigenvalue weighted by Gasteiger charge is 2.41. The van der Waals surface area contributed by atoms with E-state index in [1.807, 2.05) is 0 Å². The highest BCUT2D eigenvalue weighted by molar-refractivity contribution is 6.24. The fourth-order valence-electron chi connectivity index (χ4n) is 7.35. The molecule has 4 heterocycles. The molecule has 19 heteroatoms. The SMILES string of the molecule is FC1=CC2=NC(C3Cc4ccc(C(F)(F)F)cc4-c4cc(C(F)(F)F)ccc43)=NC3=NC(n4c5ccc(C(F)(F)F)cc5c5cc(C(F)(F)F)ccc54)=NC(=C1)N23. The van der Waals surface area contributed by atoms with E-state index in [2.05, 4.69) is 20.0 Å². The summed E-state index contributed by atoms with van der Waals surface area (Å²) in [5, 5.41) is -0.473. The predicted molar refractivity (Wildman–Crippen MR) is 182 cm³/mol.